The van der Waals surface area contributed by atoms with Gasteiger partial charge in [0.2, 0.25) is 4.38 Å². The van der Waals surface area contributed by atoms with Crippen LogP contribution in [-0.4, -0.2) is 27.5 Å². The summed E-state index contributed by atoms with van der Waals surface area (Å²) in [6.45, 7) is 11.0. The van der Waals surface area contributed by atoms with E-state index >= 15 is 0 Å². The smallest absolute Gasteiger partial charge is 0.225 e. The SMILES string of the molecule is C/C1=C/C2=C[C@H](C)C[C@@]23O[C@]2(CC(C)(C)C[C@@H]2[C@@H]1OC(=S)Sc1ccccc1)[C@@H](C)C3=O. The second kappa shape index (κ2) is 7.54. The standard InChI is InChI=1S/C27H32O3S2/c1-16-11-19-12-17(2)22(29-24(31)32-20-9-7-6-8-10-20)21-14-25(4,5)15-27(21)18(3)23(28)26(19,13-16)30-27/h6-12,16,18,21-22H,13-15H2,1-5H3/b17-12-/t16-,18-,21+,22+,26+,27+/m0/s1. The molecule has 1 aromatic rings. The molecule has 1 aromatic carbocycles. The summed E-state index contributed by atoms with van der Waals surface area (Å²) in [5, 5.41) is 0. The topological polar surface area (TPSA) is 35.5 Å². The molecule has 2 heterocycles. The normalized spacial score (nSPS) is 41.1. The van der Waals surface area contributed by atoms with Crippen molar-refractivity contribution in [3.05, 3.63) is 53.6 Å². The molecule has 32 heavy (non-hydrogen) atoms. The molecule has 0 radical (unpaired) electrons. The Balaban J connectivity index is 1.57. The first-order chi connectivity index (χ1) is 15.1. The van der Waals surface area contributed by atoms with E-state index in [1.807, 2.05) is 30.3 Å². The number of hydrogen-bond acceptors (Lipinski definition) is 5. The van der Waals surface area contributed by atoms with E-state index in [0.29, 0.717) is 10.3 Å². The molecule has 2 spiro atoms. The lowest BCUT2D eigenvalue weighted by molar-refractivity contribution is -0.144. The Morgan fingerprint density at radius 1 is 1.19 bits per heavy atom. The third kappa shape index (κ3) is 3.35. The molecule has 170 valence electrons. The second-order valence-electron chi connectivity index (χ2n) is 11.0. The van der Waals surface area contributed by atoms with Crippen molar-refractivity contribution in [3.63, 3.8) is 0 Å². The van der Waals surface area contributed by atoms with Crippen molar-refractivity contribution < 1.29 is 14.3 Å². The van der Waals surface area contributed by atoms with Crippen molar-refractivity contribution in [2.75, 3.05) is 0 Å². The fraction of sp³-hybridized carbons (Fsp3) is 0.556. The molecule has 2 aliphatic heterocycles. The van der Waals surface area contributed by atoms with E-state index in [9.17, 15) is 4.79 Å². The van der Waals surface area contributed by atoms with E-state index in [2.05, 4.69) is 46.8 Å². The summed E-state index contributed by atoms with van der Waals surface area (Å²) in [4.78, 5) is 14.9. The van der Waals surface area contributed by atoms with Gasteiger partial charge in [-0.05, 0) is 84.8 Å². The fourth-order valence-corrected chi connectivity index (χ4v) is 7.84. The molecule has 3 nitrogen and oxygen atoms in total. The molecule has 5 rings (SSSR count). The van der Waals surface area contributed by atoms with Gasteiger partial charge in [0, 0.05) is 16.7 Å². The predicted molar refractivity (Wildman–Crippen MR) is 133 cm³/mol. The van der Waals surface area contributed by atoms with Crippen LogP contribution in [0.2, 0.25) is 0 Å². The van der Waals surface area contributed by atoms with Gasteiger partial charge in [0.15, 0.2) is 11.4 Å². The van der Waals surface area contributed by atoms with Gasteiger partial charge in [0.1, 0.15) is 6.10 Å². The first-order valence-electron chi connectivity index (χ1n) is 11.6. The highest BCUT2D eigenvalue weighted by Crippen LogP contribution is 2.64. The van der Waals surface area contributed by atoms with Gasteiger partial charge >= 0.3 is 0 Å². The number of rotatable bonds is 2. The van der Waals surface area contributed by atoms with E-state index in [-0.39, 0.29) is 29.1 Å². The number of carbonyl (C=O) groups excluding carboxylic acids is 1. The van der Waals surface area contributed by atoms with Crippen molar-refractivity contribution in [1.82, 2.24) is 0 Å². The minimum absolute atomic E-state index is 0.0687. The van der Waals surface area contributed by atoms with Gasteiger partial charge in [0.25, 0.3) is 0 Å². The quantitative estimate of drug-likeness (QED) is 0.364. The van der Waals surface area contributed by atoms with Gasteiger partial charge in [0.05, 0.1) is 5.60 Å². The lowest BCUT2D eigenvalue weighted by Gasteiger charge is -2.42. The van der Waals surface area contributed by atoms with E-state index in [4.69, 9.17) is 21.7 Å². The fourth-order valence-electron chi connectivity index (χ4n) is 6.82. The number of ketones is 1. The lowest BCUT2D eigenvalue weighted by Crippen LogP contribution is -2.48. The van der Waals surface area contributed by atoms with Crippen LogP contribution >= 0.6 is 24.0 Å². The summed E-state index contributed by atoms with van der Waals surface area (Å²) >= 11 is 7.18. The first kappa shape index (κ1) is 22.4. The van der Waals surface area contributed by atoms with Crippen molar-refractivity contribution in [1.29, 1.82) is 0 Å². The van der Waals surface area contributed by atoms with Gasteiger partial charge in [-0.2, -0.15) is 0 Å². The van der Waals surface area contributed by atoms with Crippen LogP contribution in [-0.2, 0) is 14.3 Å². The third-order valence-electron chi connectivity index (χ3n) is 7.95. The monoisotopic (exact) mass is 468 g/mol. The number of Topliss-reactive ketones (excluding diaryl/α,β-unsaturated/α-hetero) is 1. The number of hydrogen-bond donors (Lipinski definition) is 0. The van der Waals surface area contributed by atoms with Crippen LogP contribution in [0, 0.1) is 23.2 Å². The highest BCUT2D eigenvalue weighted by molar-refractivity contribution is 8.22. The molecular weight excluding hydrogens is 436 g/mol. The largest absolute Gasteiger partial charge is 0.470 e. The second-order valence-corrected chi connectivity index (χ2v) is 12.7. The van der Waals surface area contributed by atoms with Crippen LogP contribution in [0.1, 0.15) is 53.9 Å². The summed E-state index contributed by atoms with van der Waals surface area (Å²) in [5.41, 5.74) is 0.928. The molecular formula is C27H32O3S2. The Labute approximate surface area is 201 Å². The molecule has 5 heteroatoms. The maximum absolute atomic E-state index is 13.8. The Morgan fingerprint density at radius 2 is 1.91 bits per heavy atom. The van der Waals surface area contributed by atoms with Crippen LogP contribution in [0.3, 0.4) is 0 Å². The zero-order valence-electron chi connectivity index (χ0n) is 19.5. The molecule has 1 saturated heterocycles. The Bertz CT molecular complexity index is 1030. The summed E-state index contributed by atoms with van der Waals surface area (Å²) in [5.74, 6) is 0.490. The van der Waals surface area contributed by atoms with Gasteiger partial charge in [-0.3, -0.25) is 4.79 Å². The number of carbonyl (C=O) groups is 1. The van der Waals surface area contributed by atoms with Gasteiger partial charge in [-0.15, -0.1) is 0 Å². The molecule has 0 amide bonds. The van der Waals surface area contributed by atoms with E-state index in [1.54, 1.807) is 0 Å². The van der Waals surface area contributed by atoms with Gasteiger partial charge in [-0.1, -0.05) is 58.0 Å². The summed E-state index contributed by atoms with van der Waals surface area (Å²) < 4.78 is 14.1. The Morgan fingerprint density at radius 3 is 2.62 bits per heavy atom. The number of thioether (sulfide) groups is 1. The van der Waals surface area contributed by atoms with Gasteiger partial charge in [-0.25, -0.2) is 0 Å². The average molecular weight is 469 g/mol. The molecule has 0 N–H and O–H groups in total. The summed E-state index contributed by atoms with van der Waals surface area (Å²) in [7, 11) is 0. The number of benzene rings is 1. The number of thiocarbonyl (C=S) groups is 1. The molecule has 4 aliphatic rings. The molecule has 0 aromatic heterocycles. The molecule has 2 aliphatic carbocycles. The summed E-state index contributed by atoms with van der Waals surface area (Å²) in [6, 6.07) is 10.1. The predicted octanol–water partition coefficient (Wildman–Crippen LogP) is 6.52. The average Bonchev–Trinajstić information content (AvgIpc) is 3.25. The number of allylic oxidation sites excluding steroid dienone is 1. The molecule has 0 unspecified atom stereocenters. The maximum atomic E-state index is 13.8. The molecule has 6 atom stereocenters. The van der Waals surface area contributed by atoms with Crippen LogP contribution in [0.4, 0.5) is 0 Å². The van der Waals surface area contributed by atoms with Crippen molar-refractivity contribution >= 4 is 34.1 Å². The van der Waals surface area contributed by atoms with Crippen molar-refractivity contribution in [2.24, 2.45) is 23.2 Å². The molecule has 1 saturated carbocycles. The Kier molecular flexibility index (Phi) is 5.27. The Hall–Kier alpha value is -1.43. The summed E-state index contributed by atoms with van der Waals surface area (Å²) in [6.07, 6.45) is 6.74. The van der Waals surface area contributed by atoms with Crippen molar-refractivity contribution in [2.45, 2.75) is 76.1 Å². The van der Waals surface area contributed by atoms with Crippen LogP contribution < -0.4 is 0 Å². The van der Waals surface area contributed by atoms with E-state index in [0.717, 1.165) is 35.3 Å². The van der Waals surface area contributed by atoms with E-state index in [1.165, 1.54) is 11.8 Å². The van der Waals surface area contributed by atoms with Crippen LogP contribution in [0.15, 0.2) is 58.5 Å². The minimum Gasteiger partial charge on any atom is -0.470 e. The highest BCUT2D eigenvalue weighted by atomic mass is 32.2. The lowest BCUT2D eigenvalue weighted by atomic mass is 9.75. The number of ether oxygens (including phenoxy) is 2. The molecule has 2 fully saturated rings. The highest BCUT2D eigenvalue weighted by Gasteiger charge is 2.70. The maximum Gasteiger partial charge on any atom is 0.225 e. The van der Waals surface area contributed by atoms with Crippen molar-refractivity contribution in [3.8, 4) is 0 Å². The van der Waals surface area contributed by atoms with Crippen LogP contribution in [0.5, 0.6) is 0 Å². The first-order valence-corrected chi connectivity index (χ1v) is 12.9. The zero-order chi connectivity index (χ0) is 22.9. The van der Waals surface area contributed by atoms with Gasteiger partial charge < -0.3 is 9.47 Å². The molecule has 2 bridgehead atoms. The zero-order valence-corrected chi connectivity index (χ0v) is 21.1. The minimum atomic E-state index is -0.789. The van der Waals surface area contributed by atoms with Crippen LogP contribution in [0.25, 0.3) is 0 Å². The van der Waals surface area contributed by atoms with E-state index < -0.39 is 11.2 Å². The third-order valence-corrected chi connectivity index (χ3v) is 9.07.